The quantitative estimate of drug-likeness (QED) is 0.554. The van der Waals surface area contributed by atoms with Gasteiger partial charge < -0.3 is 21.3 Å². The minimum Gasteiger partial charge on any atom is -0.366 e. The van der Waals surface area contributed by atoms with Crippen LogP contribution in [0.2, 0.25) is 0 Å². The van der Waals surface area contributed by atoms with Crippen molar-refractivity contribution < 1.29 is 0 Å². The van der Waals surface area contributed by atoms with E-state index < -0.39 is 0 Å². The Morgan fingerprint density at radius 1 is 0.690 bits per heavy atom. The van der Waals surface area contributed by atoms with Gasteiger partial charge in [-0.1, -0.05) is 48.5 Å². The highest BCUT2D eigenvalue weighted by molar-refractivity contribution is 5.71. The molecule has 0 fully saturated rings. The second kappa shape index (κ2) is 7.31. The summed E-state index contributed by atoms with van der Waals surface area (Å²) >= 11 is 0. The largest absolute Gasteiger partial charge is 0.366 e. The third-order valence-corrected chi connectivity index (χ3v) is 5.23. The maximum Gasteiger partial charge on any atom is 0.160 e. The molecule has 6 nitrogen and oxygen atoms in total. The zero-order valence-corrected chi connectivity index (χ0v) is 16.1. The van der Waals surface area contributed by atoms with E-state index in [2.05, 4.69) is 69.6 Å². The Morgan fingerprint density at radius 2 is 1.21 bits per heavy atom. The third kappa shape index (κ3) is 3.18. The molecule has 3 aromatic rings. The lowest BCUT2D eigenvalue weighted by atomic mass is 9.99. The van der Waals surface area contributed by atoms with Gasteiger partial charge in [-0.2, -0.15) is 0 Å². The van der Waals surface area contributed by atoms with Gasteiger partial charge in [-0.3, -0.25) is 0 Å². The van der Waals surface area contributed by atoms with Crippen molar-refractivity contribution in [2.24, 2.45) is 0 Å². The van der Waals surface area contributed by atoms with E-state index in [4.69, 9.17) is 4.98 Å². The number of benzene rings is 2. The first kappa shape index (κ1) is 17.3. The summed E-state index contributed by atoms with van der Waals surface area (Å²) in [5, 5.41) is 13.3. The fraction of sp³-hybridized carbons (Fsp3) is 0.130. The number of rotatable bonds is 4. The molecular formula is C23H22N6. The number of hydrogen-bond donors (Lipinski definition) is 4. The monoisotopic (exact) mass is 382 g/mol. The normalized spacial score (nSPS) is 15.6. The molecule has 0 spiro atoms. The van der Waals surface area contributed by atoms with Gasteiger partial charge in [-0.25, -0.2) is 9.97 Å². The molecule has 144 valence electrons. The van der Waals surface area contributed by atoms with Gasteiger partial charge in [-0.05, 0) is 12.5 Å². The molecule has 5 rings (SSSR count). The summed E-state index contributed by atoms with van der Waals surface area (Å²) in [7, 11) is 0. The van der Waals surface area contributed by atoms with Crippen molar-refractivity contribution in [3.05, 3.63) is 96.2 Å². The SMILES string of the molecule is Cc1cnc(-c2ccccc2C2NC=CN2)nc1-c1ccccc1C1NC=CN1. The van der Waals surface area contributed by atoms with Crippen LogP contribution in [0.25, 0.3) is 22.6 Å². The standard InChI is InChI=1S/C23H22N6/c1-15-14-28-23(19-9-5-4-8-18(19)22-26-12-13-27-22)29-20(15)16-6-2-3-7-17(16)21-24-10-11-25-21/h2-14,21-22,24-27H,1H3. The highest BCUT2D eigenvalue weighted by Crippen LogP contribution is 2.32. The summed E-state index contributed by atoms with van der Waals surface area (Å²) in [4.78, 5) is 9.68. The molecule has 0 unspecified atom stereocenters. The molecule has 0 bridgehead atoms. The zero-order chi connectivity index (χ0) is 19.6. The van der Waals surface area contributed by atoms with Crippen molar-refractivity contribution in [3.8, 4) is 22.6 Å². The molecule has 3 heterocycles. The molecule has 0 aliphatic carbocycles. The molecule has 2 aromatic carbocycles. The molecule has 29 heavy (non-hydrogen) atoms. The number of hydrogen-bond acceptors (Lipinski definition) is 6. The van der Waals surface area contributed by atoms with Crippen molar-refractivity contribution in [1.29, 1.82) is 0 Å². The Hall–Kier alpha value is -3.80. The average Bonchev–Trinajstić information content (AvgIpc) is 3.49. The number of aromatic nitrogens is 2. The highest BCUT2D eigenvalue weighted by Gasteiger charge is 2.21. The van der Waals surface area contributed by atoms with E-state index in [-0.39, 0.29) is 12.3 Å². The van der Waals surface area contributed by atoms with E-state index in [9.17, 15) is 0 Å². The lowest BCUT2D eigenvalue weighted by Gasteiger charge is -2.19. The summed E-state index contributed by atoms with van der Waals surface area (Å²) < 4.78 is 0. The van der Waals surface area contributed by atoms with Crippen LogP contribution < -0.4 is 21.3 Å². The van der Waals surface area contributed by atoms with Crippen LogP contribution in [-0.2, 0) is 0 Å². The van der Waals surface area contributed by atoms with Crippen molar-refractivity contribution in [2.45, 2.75) is 19.3 Å². The number of aryl methyl sites for hydroxylation is 1. The lowest BCUT2D eigenvalue weighted by Crippen LogP contribution is -2.22. The Balaban J connectivity index is 1.60. The van der Waals surface area contributed by atoms with Gasteiger partial charge in [0.1, 0.15) is 12.3 Å². The van der Waals surface area contributed by atoms with Gasteiger partial charge in [0.15, 0.2) is 5.82 Å². The van der Waals surface area contributed by atoms with Gasteiger partial charge in [0, 0.05) is 53.3 Å². The Bertz CT molecular complexity index is 1090. The van der Waals surface area contributed by atoms with E-state index in [0.717, 1.165) is 39.3 Å². The fourth-order valence-electron chi connectivity index (χ4n) is 3.79. The van der Waals surface area contributed by atoms with E-state index in [1.54, 1.807) is 0 Å². The predicted molar refractivity (Wildman–Crippen MR) is 114 cm³/mol. The molecule has 0 amide bonds. The first-order valence-corrected chi connectivity index (χ1v) is 9.68. The van der Waals surface area contributed by atoms with E-state index in [1.807, 2.05) is 43.1 Å². The molecular weight excluding hydrogens is 360 g/mol. The van der Waals surface area contributed by atoms with Crippen LogP contribution in [-0.4, -0.2) is 9.97 Å². The molecule has 0 saturated carbocycles. The Labute approximate surface area is 169 Å². The van der Waals surface area contributed by atoms with Crippen LogP contribution in [0.4, 0.5) is 0 Å². The molecule has 6 heteroatoms. The Morgan fingerprint density at radius 3 is 1.83 bits per heavy atom. The van der Waals surface area contributed by atoms with E-state index in [1.165, 1.54) is 0 Å². The predicted octanol–water partition coefficient (Wildman–Crippen LogP) is 3.44. The summed E-state index contributed by atoms with van der Waals surface area (Å²) in [5.41, 5.74) is 6.37. The molecule has 0 atom stereocenters. The number of nitrogens with one attached hydrogen (secondary N) is 4. The van der Waals surface area contributed by atoms with Crippen LogP contribution in [0.3, 0.4) is 0 Å². The average molecular weight is 382 g/mol. The highest BCUT2D eigenvalue weighted by atomic mass is 15.2. The van der Waals surface area contributed by atoms with Crippen LogP contribution in [0, 0.1) is 6.92 Å². The van der Waals surface area contributed by atoms with Crippen molar-refractivity contribution in [3.63, 3.8) is 0 Å². The minimum absolute atomic E-state index is 0.0183. The molecule has 2 aliphatic rings. The first-order valence-electron chi connectivity index (χ1n) is 9.68. The second-order valence-electron chi connectivity index (χ2n) is 7.10. The summed E-state index contributed by atoms with van der Waals surface area (Å²) in [6.45, 7) is 2.06. The van der Waals surface area contributed by atoms with Crippen LogP contribution in [0.15, 0.2) is 79.5 Å². The summed E-state index contributed by atoms with van der Waals surface area (Å²) in [6, 6.07) is 16.6. The van der Waals surface area contributed by atoms with Gasteiger partial charge in [0.2, 0.25) is 0 Å². The maximum atomic E-state index is 5.01. The fourth-order valence-corrected chi connectivity index (χ4v) is 3.79. The molecule has 0 saturated heterocycles. The van der Waals surface area contributed by atoms with E-state index in [0.29, 0.717) is 0 Å². The molecule has 1 aromatic heterocycles. The smallest absolute Gasteiger partial charge is 0.160 e. The third-order valence-electron chi connectivity index (χ3n) is 5.23. The second-order valence-corrected chi connectivity index (χ2v) is 7.10. The molecule has 0 radical (unpaired) electrons. The van der Waals surface area contributed by atoms with Gasteiger partial charge >= 0.3 is 0 Å². The van der Waals surface area contributed by atoms with Gasteiger partial charge in [0.25, 0.3) is 0 Å². The van der Waals surface area contributed by atoms with Crippen LogP contribution in [0.1, 0.15) is 29.0 Å². The Kier molecular flexibility index (Phi) is 4.37. The van der Waals surface area contributed by atoms with E-state index >= 15 is 0 Å². The van der Waals surface area contributed by atoms with Crippen LogP contribution in [0.5, 0.6) is 0 Å². The lowest BCUT2D eigenvalue weighted by molar-refractivity contribution is 0.608. The topological polar surface area (TPSA) is 73.9 Å². The maximum absolute atomic E-state index is 5.01. The van der Waals surface area contributed by atoms with Gasteiger partial charge in [-0.15, -0.1) is 0 Å². The van der Waals surface area contributed by atoms with Crippen molar-refractivity contribution >= 4 is 0 Å². The van der Waals surface area contributed by atoms with Crippen LogP contribution >= 0.6 is 0 Å². The summed E-state index contributed by atoms with van der Waals surface area (Å²) in [6.07, 6.45) is 9.63. The first-order chi connectivity index (χ1) is 14.3. The summed E-state index contributed by atoms with van der Waals surface area (Å²) in [5.74, 6) is 0.719. The minimum atomic E-state index is 0.0183. The van der Waals surface area contributed by atoms with Gasteiger partial charge in [0.05, 0.1) is 5.69 Å². The van der Waals surface area contributed by atoms with Crippen molar-refractivity contribution in [2.75, 3.05) is 0 Å². The number of nitrogens with zero attached hydrogens (tertiary/aromatic N) is 2. The molecule has 2 aliphatic heterocycles. The molecule has 4 N–H and O–H groups in total. The van der Waals surface area contributed by atoms with Crippen molar-refractivity contribution in [1.82, 2.24) is 31.2 Å². The zero-order valence-electron chi connectivity index (χ0n) is 16.1.